The molecule has 4 rings (SSSR count). The zero-order chi connectivity index (χ0) is 25.2. The van der Waals surface area contributed by atoms with Crippen LogP contribution in [0.3, 0.4) is 0 Å². The number of hydrogen-bond acceptors (Lipinski definition) is 6. The average molecular weight is 509 g/mol. The van der Waals surface area contributed by atoms with Crippen LogP contribution in [0.1, 0.15) is 21.6 Å². The van der Waals surface area contributed by atoms with Gasteiger partial charge in [0.05, 0.1) is 25.8 Å². The minimum absolute atomic E-state index is 0.0646. The Morgan fingerprint density at radius 1 is 1.11 bits per heavy atom. The summed E-state index contributed by atoms with van der Waals surface area (Å²) in [6, 6.07) is 5.90. The van der Waals surface area contributed by atoms with E-state index in [-0.39, 0.29) is 37.9 Å². The first kappa shape index (κ1) is 25.1. The Labute approximate surface area is 195 Å². The number of benzene rings is 1. The van der Waals surface area contributed by atoms with Gasteiger partial charge >= 0.3 is 12.4 Å². The van der Waals surface area contributed by atoms with Gasteiger partial charge in [-0.3, -0.25) is 4.79 Å². The van der Waals surface area contributed by atoms with Crippen LogP contribution in [0.25, 0.3) is 0 Å². The van der Waals surface area contributed by atoms with Gasteiger partial charge in [-0.1, -0.05) is 6.07 Å². The molecule has 192 valence electrons. The zero-order valence-electron chi connectivity index (χ0n) is 18.1. The van der Waals surface area contributed by atoms with Crippen molar-refractivity contribution in [1.29, 1.82) is 0 Å². The third-order valence-electron chi connectivity index (χ3n) is 5.11. The molecule has 14 heteroatoms. The summed E-state index contributed by atoms with van der Waals surface area (Å²) in [6.45, 7) is -2.89. The van der Waals surface area contributed by atoms with Gasteiger partial charge in [-0.2, -0.15) is 31.4 Å². The van der Waals surface area contributed by atoms with Crippen molar-refractivity contribution >= 4 is 5.91 Å². The number of amides is 1. The summed E-state index contributed by atoms with van der Waals surface area (Å²) in [5.74, 6) is 0.315. The molecule has 2 aliphatic heterocycles. The van der Waals surface area contributed by atoms with Gasteiger partial charge in [0, 0.05) is 6.07 Å². The Kier molecular flexibility index (Phi) is 7.12. The first-order chi connectivity index (χ1) is 16.4. The van der Waals surface area contributed by atoms with E-state index in [1.165, 1.54) is 10.7 Å². The number of rotatable bonds is 8. The van der Waals surface area contributed by atoms with Crippen molar-refractivity contribution in [2.45, 2.75) is 44.1 Å². The Bertz CT molecular complexity index is 1030. The minimum atomic E-state index is -4.43. The lowest BCUT2D eigenvalue weighted by Gasteiger charge is -2.26. The fourth-order valence-corrected chi connectivity index (χ4v) is 3.70. The average Bonchev–Trinajstić information content (AvgIpc) is 3.30. The maximum absolute atomic E-state index is 12.6. The smallest absolute Gasteiger partial charge is 0.411 e. The molecule has 1 amide bonds. The first-order valence-electron chi connectivity index (χ1n) is 10.5. The fraction of sp³-hybridized carbons (Fsp3) is 0.524. The molecule has 1 aromatic heterocycles. The number of nitrogens with zero attached hydrogens (tertiary/aromatic N) is 2. The number of carbonyl (C=O) groups is 1. The third-order valence-corrected chi connectivity index (χ3v) is 5.11. The minimum Gasteiger partial charge on any atom is -0.491 e. The van der Waals surface area contributed by atoms with Crippen LogP contribution in [0.4, 0.5) is 26.3 Å². The molecule has 3 heterocycles. The molecule has 0 bridgehead atoms. The van der Waals surface area contributed by atoms with Gasteiger partial charge in [-0.15, -0.1) is 0 Å². The lowest BCUT2D eigenvalue weighted by Crippen LogP contribution is -2.43. The van der Waals surface area contributed by atoms with Gasteiger partial charge in [-0.25, -0.2) is 4.68 Å². The molecular weight excluding hydrogens is 488 g/mol. The van der Waals surface area contributed by atoms with Gasteiger partial charge < -0.3 is 24.3 Å². The highest BCUT2D eigenvalue weighted by Gasteiger charge is 2.32. The second kappa shape index (κ2) is 9.93. The van der Waals surface area contributed by atoms with Crippen LogP contribution < -0.4 is 14.8 Å². The molecular formula is C21H21F6N3O5. The summed E-state index contributed by atoms with van der Waals surface area (Å²) in [6.07, 6.45) is -9.10. The van der Waals surface area contributed by atoms with Crippen molar-refractivity contribution in [2.24, 2.45) is 0 Å². The number of carbonyl (C=O) groups excluding carboxylic acids is 1. The molecule has 1 N–H and O–H groups in total. The molecule has 0 radical (unpaired) electrons. The highest BCUT2D eigenvalue weighted by Crippen LogP contribution is 2.27. The van der Waals surface area contributed by atoms with Gasteiger partial charge in [0.1, 0.15) is 31.7 Å². The van der Waals surface area contributed by atoms with Crippen molar-refractivity contribution < 1.29 is 50.1 Å². The van der Waals surface area contributed by atoms with E-state index in [9.17, 15) is 31.1 Å². The molecule has 0 fully saturated rings. The SMILES string of the molecule is O=C(N[C@H]1COc2ccc(COCC(F)(F)F)cc2C1)c1cc2n(n1)CC(COCC(F)(F)F)O2. The number of fused-ring (bicyclic) bond motifs is 2. The Balaban J connectivity index is 1.27. The van der Waals surface area contributed by atoms with Crippen LogP contribution in [-0.2, 0) is 29.0 Å². The van der Waals surface area contributed by atoms with Crippen LogP contribution in [0.5, 0.6) is 11.6 Å². The quantitative estimate of drug-likeness (QED) is 0.551. The number of ether oxygens (including phenoxy) is 4. The fourth-order valence-electron chi connectivity index (χ4n) is 3.70. The summed E-state index contributed by atoms with van der Waals surface area (Å²) in [4.78, 5) is 12.6. The molecule has 0 saturated carbocycles. The predicted molar refractivity (Wildman–Crippen MR) is 106 cm³/mol. The van der Waals surface area contributed by atoms with E-state index in [0.29, 0.717) is 23.3 Å². The molecule has 2 aliphatic rings. The molecule has 1 unspecified atom stereocenters. The normalized spacial score (nSPS) is 19.5. The van der Waals surface area contributed by atoms with Crippen molar-refractivity contribution in [3.63, 3.8) is 0 Å². The Morgan fingerprint density at radius 2 is 1.86 bits per heavy atom. The third kappa shape index (κ3) is 7.01. The molecule has 2 atom stereocenters. The van der Waals surface area contributed by atoms with E-state index in [0.717, 1.165) is 0 Å². The summed E-state index contributed by atoms with van der Waals surface area (Å²) in [5.41, 5.74) is 1.32. The van der Waals surface area contributed by atoms with E-state index >= 15 is 0 Å². The molecule has 0 saturated heterocycles. The standard InChI is InChI=1S/C21H21F6N3O5/c22-20(23,24)10-32-7-12-1-2-17-13(3-12)4-14(8-34-17)28-19(31)16-5-18-30(29-16)6-15(35-18)9-33-11-21(25,26)27/h1-3,5,14-15H,4,6-11H2,(H,28,31)/t14-,15?/m1/s1. The van der Waals surface area contributed by atoms with Crippen LogP contribution in [0.15, 0.2) is 24.3 Å². The molecule has 8 nitrogen and oxygen atoms in total. The second-order valence-electron chi connectivity index (χ2n) is 8.16. The highest BCUT2D eigenvalue weighted by molar-refractivity contribution is 5.92. The van der Waals surface area contributed by atoms with Crippen LogP contribution in [-0.4, -0.2) is 66.6 Å². The van der Waals surface area contributed by atoms with Crippen LogP contribution in [0.2, 0.25) is 0 Å². The van der Waals surface area contributed by atoms with Gasteiger partial charge in [0.2, 0.25) is 5.88 Å². The van der Waals surface area contributed by atoms with Crippen molar-refractivity contribution in [1.82, 2.24) is 15.1 Å². The maximum Gasteiger partial charge on any atom is 0.411 e. The predicted octanol–water partition coefficient (Wildman–Crippen LogP) is 3.04. The van der Waals surface area contributed by atoms with Gasteiger partial charge in [-0.05, 0) is 29.7 Å². The number of alkyl halides is 6. The van der Waals surface area contributed by atoms with Gasteiger partial charge in [0.25, 0.3) is 5.91 Å². The first-order valence-corrected chi connectivity index (χ1v) is 10.5. The van der Waals surface area contributed by atoms with E-state index in [1.54, 1.807) is 18.2 Å². The Morgan fingerprint density at radius 3 is 2.57 bits per heavy atom. The lowest BCUT2D eigenvalue weighted by molar-refractivity contribution is -0.178. The summed E-state index contributed by atoms with van der Waals surface area (Å²) in [5, 5.41) is 6.91. The molecule has 35 heavy (non-hydrogen) atoms. The zero-order valence-corrected chi connectivity index (χ0v) is 18.1. The van der Waals surface area contributed by atoms with Crippen LogP contribution >= 0.6 is 0 Å². The Hall–Kier alpha value is -3.00. The topological polar surface area (TPSA) is 83.8 Å². The summed E-state index contributed by atoms with van der Waals surface area (Å²) < 4.78 is 95.1. The van der Waals surface area contributed by atoms with Gasteiger partial charge in [0.15, 0.2) is 5.69 Å². The van der Waals surface area contributed by atoms with Crippen molar-refractivity contribution in [3.8, 4) is 11.6 Å². The summed E-state index contributed by atoms with van der Waals surface area (Å²) in [7, 11) is 0. The van der Waals surface area contributed by atoms with E-state index in [2.05, 4.69) is 19.9 Å². The van der Waals surface area contributed by atoms with E-state index in [4.69, 9.17) is 9.47 Å². The number of halogens is 6. The monoisotopic (exact) mass is 509 g/mol. The van der Waals surface area contributed by atoms with E-state index in [1.807, 2.05) is 0 Å². The molecule has 2 aromatic rings. The van der Waals surface area contributed by atoms with E-state index < -0.39 is 43.6 Å². The molecule has 1 aromatic carbocycles. The number of nitrogens with one attached hydrogen (secondary N) is 1. The number of aromatic nitrogens is 2. The number of hydrogen-bond donors (Lipinski definition) is 1. The maximum atomic E-state index is 12.6. The largest absolute Gasteiger partial charge is 0.491 e. The molecule has 0 spiro atoms. The van der Waals surface area contributed by atoms with Crippen LogP contribution in [0, 0.1) is 0 Å². The van der Waals surface area contributed by atoms with Crippen molar-refractivity contribution in [2.75, 3.05) is 26.4 Å². The molecule has 0 aliphatic carbocycles. The second-order valence-corrected chi connectivity index (χ2v) is 8.16. The van der Waals surface area contributed by atoms with Crippen molar-refractivity contribution in [3.05, 3.63) is 41.1 Å². The lowest BCUT2D eigenvalue weighted by atomic mass is 10.0. The highest BCUT2D eigenvalue weighted by atomic mass is 19.4. The summed E-state index contributed by atoms with van der Waals surface area (Å²) >= 11 is 0.